The fourth-order valence-corrected chi connectivity index (χ4v) is 3.47. The first-order valence-electron chi connectivity index (χ1n) is 8.93. The number of fused-ring (bicyclic) bond motifs is 1. The Balaban J connectivity index is 2.04. The van der Waals surface area contributed by atoms with Gasteiger partial charge in [-0.25, -0.2) is 4.99 Å². The van der Waals surface area contributed by atoms with E-state index in [-0.39, 0.29) is 28.5 Å². The Morgan fingerprint density at radius 2 is 1.66 bits per heavy atom. The molecule has 2 N–H and O–H groups in total. The number of rotatable bonds is 3. The highest BCUT2D eigenvalue weighted by atomic mass is 35.5. The number of hydrogen-bond donors (Lipinski definition) is 2. The van der Waals surface area contributed by atoms with Crippen molar-refractivity contribution >= 4 is 33.9 Å². The van der Waals surface area contributed by atoms with Crippen LogP contribution in [-0.4, -0.2) is 20.5 Å². The number of halogens is 1. The molecular weight excluding hydrogens is 388 g/mol. The van der Waals surface area contributed by atoms with E-state index in [1.54, 1.807) is 35.8 Å². The monoisotopic (exact) mass is 404 g/mol. The molecule has 0 unspecified atom stereocenters. The summed E-state index contributed by atoms with van der Waals surface area (Å²) in [5.41, 5.74) is 1.40. The number of nitrogens with zero attached hydrogens (tertiary/aromatic N) is 2. The number of aromatic hydroxyl groups is 2. The maximum atomic E-state index is 13.4. The summed E-state index contributed by atoms with van der Waals surface area (Å²) in [7, 11) is 0. The third-order valence-corrected chi connectivity index (χ3v) is 4.89. The summed E-state index contributed by atoms with van der Waals surface area (Å²) in [6.07, 6.45) is 0. The standard InChI is InChI=1S/C23H17ClN2O3/c1-14(25-18-13-15(24)11-12-20(18)27)21-22(28)17-9-5-6-10-19(17)26(23(21)29)16-7-3-2-4-8-16/h2-13,27-28H,1H3. The van der Waals surface area contributed by atoms with Gasteiger partial charge in [-0.05, 0) is 49.4 Å². The van der Waals surface area contributed by atoms with Crippen LogP contribution in [-0.2, 0) is 0 Å². The maximum absolute atomic E-state index is 13.4. The quantitative estimate of drug-likeness (QED) is 0.461. The molecule has 1 aromatic heterocycles. The van der Waals surface area contributed by atoms with Crippen LogP contribution in [0.15, 0.2) is 82.6 Å². The van der Waals surface area contributed by atoms with Gasteiger partial charge in [0.05, 0.1) is 11.2 Å². The van der Waals surface area contributed by atoms with Gasteiger partial charge in [-0.2, -0.15) is 0 Å². The van der Waals surface area contributed by atoms with Crippen molar-refractivity contribution in [2.45, 2.75) is 6.92 Å². The van der Waals surface area contributed by atoms with E-state index >= 15 is 0 Å². The number of phenolic OH excluding ortho intramolecular Hbond substituents is 1. The van der Waals surface area contributed by atoms with E-state index in [0.29, 0.717) is 21.6 Å². The van der Waals surface area contributed by atoms with Crippen LogP contribution in [0, 0.1) is 0 Å². The number of phenols is 1. The van der Waals surface area contributed by atoms with Gasteiger partial charge in [0.2, 0.25) is 0 Å². The number of pyridine rings is 1. The van der Waals surface area contributed by atoms with Gasteiger partial charge < -0.3 is 10.2 Å². The molecule has 4 rings (SSSR count). The minimum atomic E-state index is -0.407. The Kier molecular flexibility index (Phi) is 4.82. The Bertz CT molecular complexity index is 1310. The van der Waals surface area contributed by atoms with Crippen molar-refractivity contribution in [2.75, 3.05) is 0 Å². The fraction of sp³-hybridized carbons (Fsp3) is 0.0435. The van der Waals surface area contributed by atoms with Crippen molar-refractivity contribution in [1.29, 1.82) is 0 Å². The van der Waals surface area contributed by atoms with Crippen LogP contribution in [0.25, 0.3) is 16.6 Å². The molecule has 0 radical (unpaired) electrons. The molecule has 6 heteroatoms. The SMILES string of the molecule is CC(=Nc1cc(Cl)ccc1O)c1c(O)c2ccccc2n(-c2ccccc2)c1=O. The molecule has 5 nitrogen and oxygen atoms in total. The Labute approximate surface area is 171 Å². The predicted octanol–water partition coefficient (Wildman–Crippen LogP) is 5.20. The van der Waals surface area contributed by atoms with Gasteiger partial charge in [-0.15, -0.1) is 0 Å². The largest absolute Gasteiger partial charge is 0.506 e. The molecule has 0 atom stereocenters. The van der Waals surface area contributed by atoms with Gasteiger partial charge in [0, 0.05) is 16.1 Å². The van der Waals surface area contributed by atoms with E-state index in [1.165, 1.54) is 12.1 Å². The molecule has 0 aliphatic rings. The maximum Gasteiger partial charge on any atom is 0.268 e. The number of para-hydroxylation sites is 2. The van der Waals surface area contributed by atoms with Gasteiger partial charge in [0.25, 0.3) is 5.56 Å². The van der Waals surface area contributed by atoms with Crippen LogP contribution < -0.4 is 5.56 Å². The van der Waals surface area contributed by atoms with E-state index in [1.807, 2.05) is 36.4 Å². The molecule has 3 aromatic carbocycles. The number of benzene rings is 3. The lowest BCUT2D eigenvalue weighted by atomic mass is 10.1. The lowest BCUT2D eigenvalue weighted by Crippen LogP contribution is -2.25. The van der Waals surface area contributed by atoms with E-state index < -0.39 is 5.56 Å². The lowest BCUT2D eigenvalue weighted by Gasteiger charge is -2.15. The van der Waals surface area contributed by atoms with Crippen molar-refractivity contribution in [1.82, 2.24) is 4.57 Å². The van der Waals surface area contributed by atoms with Crippen LogP contribution in [0.3, 0.4) is 0 Å². The highest BCUT2D eigenvalue weighted by Gasteiger charge is 2.19. The molecule has 29 heavy (non-hydrogen) atoms. The molecule has 144 valence electrons. The first kappa shape index (κ1) is 18.8. The van der Waals surface area contributed by atoms with Crippen molar-refractivity contribution in [3.05, 3.63) is 93.7 Å². The zero-order valence-electron chi connectivity index (χ0n) is 15.5. The summed E-state index contributed by atoms with van der Waals surface area (Å²) < 4.78 is 1.54. The van der Waals surface area contributed by atoms with E-state index in [0.717, 1.165) is 0 Å². The molecule has 0 aliphatic carbocycles. The predicted molar refractivity (Wildman–Crippen MR) is 116 cm³/mol. The fourth-order valence-electron chi connectivity index (χ4n) is 3.31. The van der Waals surface area contributed by atoms with Gasteiger partial charge in [0.1, 0.15) is 22.7 Å². The molecule has 0 aliphatic heterocycles. The van der Waals surface area contributed by atoms with Crippen molar-refractivity contribution in [3.63, 3.8) is 0 Å². The topological polar surface area (TPSA) is 74.8 Å². The van der Waals surface area contributed by atoms with Crippen LogP contribution in [0.1, 0.15) is 12.5 Å². The first-order chi connectivity index (χ1) is 14.0. The van der Waals surface area contributed by atoms with Crippen molar-refractivity contribution in [3.8, 4) is 17.2 Å². The summed E-state index contributed by atoms with van der Waals surface area (Å²) in [5.74, 6) is -0.224. The summed E-state index contributed by atoms with van der Waals surface area (Å²) in [5, 5.41) is 21.9. The summed E-state index contributed by atoms with van der Waals surface area (Å²) in [4.78, 5) is 17.8. The molecule has 0 spiro atoms. The summed E-state index contributed by atoms with van der Waals surface area (Å²) in [6, 6.07) is 20.8. The van der Waals surface area contributed by atoms with Crippen LogP contribution >= 0.6 is 11.6 Å². The molecule has 4 aromatic rings. The second-order valence-corrected chi connectivity index (χ2v) is 6.98. The normalized spacial score (nSPS) is 11.7. The number of hydrogen-bond acceptors (Lipinski definition) is 4. The van der Waals surface area contributed by atoms with Gasteiger partial charge in [-0.1, -0.05) is 41.9 Å². The lowest BCUT2D eigenvalue weighted by molar-refractivity contribution is 0.476. The Morgan fingerprint density at radius 3 is 2.41 bits per heavy atom. The molecule has 0 saturated carbocycles. The Hall–Kier alpha value is -3.57. The average Bonchev–Trinajstić information content (AvgIpc) is 2.72. The zero-order valence-corrected chi connectivity index (χ0v) is 16.3. The second-order valence-electron chi connectivity index (χ2n) is 6.55. The minimum absolute atomic E-state index is 0.0620. The first-order valence-corrected chi connectivity index (χ1v) is 9.31. The molecule has 0 fully saturated rings. The number of aliphatic imine (C=N–C) groups is 1. The smallest absolute Gasteiger partial charge is 0.268 e. The second kappa shape index (κ2) is 7.45. The van der Waals surface area contributed by atoms with Gasteiger partial charge in [-0.3, -0.25) is 9.36 Å². The molecular formula is C23H17ClN2O3. The van der Waals surface area contributed by atoms with Crippen LogP contribution in [0.5, 0.6) is 11.5 Å². The number of aromatic nitrogens is 1. The van der Waals surface area contributed by atoms with Crippen molar-refractivity contribution < 1.29 is 10.2 Å². The zero-order chi connectivity index (χ0) is 20.5. The Morgan fingerprint density at radius 1 is 0.966 bits per heavy atom. The summed E-state index contributed by atoms with van der Waals surface area (Å²) >= 11 is 6.00. The van der Waals surface area contributed by atoms with Gasteiger partial charge in [0.15, 0.2) is 0 Å². The third kappa shape index (κ3) is 3.37. The summed E-state index contributed by atoms with van der Waals surface area (Å²) in [6.45, 7) is 1.61. The highest BCUT2D eigenvalue weighted by molar-refractivity contribution is 6.31. The van der Waals surface area contributed by atoms with E-state index in [4.69, 9.17) is 11.6 Å². The molecule has 1 heterocycles. The van der Waals surface area contributed by atoms with Crippen molar-refractivity contribution in [2.24, 2.45) is 4.99 Å². The average molecular weight is 405 g/mol. The molecule has 0 bridgehead atoms. The molecule has 0 saturated heterocycles. The van der Waals surface area contributed by atoms with Crippen LogP contribution in [0.2, 0.25) is 5.02 Å². The van der Waals surface area contributed by atoms with E-state index in [2.05, 4.69) is 4.99 Å². The molecule has 0 amide bonds. The van der Waals surface area contributed by atoms with Crippen LogP contribution in [0.4, 0.5) is 5.69 Å². The third-order valence-electron chi connectivity index (χ3n) is 4.66. The highest BCUT2D eigenvalue weighted by Crippen LogP contribution is 2.32. The van der Waals surface area contributed by atoms with Gasteiger partial charge >= 0.3 is 0 Å². The van der Waals surface area contributed by atoms with E-state index in [9.17, 15) is 15.0 Å². The minimum Gasteiger partial charge on any atom is -0.506 e.